The quantitative estimate of drug-likeness (QED) is 0.613. The van der Waals surface area contributed by atoms with Gasteiger partial charge in [0.2, 0.25) is 5.91 Å². The topological polar surface area (TPSA) is 104 Å². The summed E-state index contributed by atoms with van der Waals surface area (Å²) in [5.41, 5.74) is 1.90. The number of carbonyl (C=O) groups excluding carboxylic acids is 1. The van der Waals surface area contributed by atoms with Gasteiger partial charge in [-0.1, -0.05) is 18.2 Å². The molecule has 2 aromatic rings. The van der Waals surface area contributed by atoms with Crippen LogP contribution in [-0.4, -0.2) is 59.1 Å². The normalized spacial score (nSPS) is 17.1. The van der Waals surface area contributed by atoms with Crippen LogP contribution in [0.1, 0.15) is 11.1 Å². The van der Waals surface area contributed by atoms with Crippen LogP contribution in [0.25, 0.3) is 0 Å². The summed E-state index contributed by atoms with van der Waals surface area (Å²) in [6, 6.07) is 10.8. The summed E-state index contributed by atoms with van der Waals surface area (Å²) in [5.74, 6) is -0.498. The highest BCUT2D eigenvalue weighted by atomic mass is 16.5. The van der Waals surface area contributed by atoms with Crippen LogP contribution in [0.5, 0.6) is 5.75 Å². The Hall–Kier alpha value is -2.97. The number of pyridine rings is 1. The molecule has 1 aliphatic heterocycles. The van der Waals surface area contributed by atoms with Gasteiger partial charge in [0, 0.05) is 50.7 Å². The maximum absolute atomic E-state index is 12.5. The first-order valence-electron chi connectivity index (χ1n) is 9.16. The van der Waals surface area contributed by atoms with Crippen molar-refractivity contribution in [3.8, 4) is 5.75 Å². The number of nitrogens with zero attached hydrogens (tertiary/aromatic N) is 2. The smallest absolute Gasteiger partial charge is 0.341 e. The summed E-state index contributed by atoms with van der Waals surface area (Å²) in [4.78, 5) is 29.4. The van der Waals surface area contributed by atoms with E-state index in [1.54, 1.807) is 18.5 Å². The standard InChI is InChI=1S/C20H24N4O4/c25-19(26)14-28-18-4-2-1-3-16(18)12-24-10-9-22-17(13-24)20(27)23-11-15-5-7-21-8-6-15/h1-8,17,22H,9-14H2,(H,23,27)(H,25,26). The van der Waals surface area contributed by atoms with Crippen molar-refractivity contribution in [2.75, 3.05) is 26.2 Å². The van der Waals surface area contributed by atoms with Gasteiger partial charge in [-0.3, -0.25) is 14.7 Å². The van der Waals surface area contributed by atoms with E-state index in [1.165, 1.54) is 0 Å². The van der Waals surface area contributed by atoms with Crippen molar-refractivity contribution >= 4 is 11.9 Å². The molecule has 8 heteroatoms. The number of aliphatic carboxylic acids is 1. The summed E-state index contributed by atoms with van der Waals surface area (Å²) >= 11 is 0. The largest absolute Gasteiger partial charge is 0.482 e. The van der Waals surface area contributed by atoms with Crippen LogP contribution in [0.15, 0.2) is 48.8 Å². The fourth-order valence-corrected chi connectivity index (χ4v) is 3.10. The van der Waals surface area contributed by atoms with E-state index in [0.717, 1.165) is 17.7 Å². The number of para-hydroxylation sites is 1. The number of ether oxygens (including phenoxy) is 1. The second-order valence-corrected chi connectivity index (χ2v) is 6.61. The minimum absolute atomic E-state index is 0.0445. The number of rotatable bonds is 8. The molecule has 0 spiro atoms. The molecule has 1 aromatic heterocycles. The number of hydrogen-bond donors (Lipinski definition) is 3. The van der Waals surface area contributed by atoms with Crippen molar-refractivity contribution in [3.05, 3.63) is 59.9 Å². The van der Waals surface area contributed by atoms with E-state index < -0.39 is 5.97 Å². The van der Waals surface area contributed by atoms with Crippen molar-refractivity contribution in [1.82, 2.24) is 20.5 Å². The van der Waals surface area contributed by atoms with Crippen molar-refractivity contribution in [2.24, 2.45) is 0 Å². The second-order valence-electron chi connectivity index (χ2n) is 6.61. The number of hydrogen-bond acceptors (Lipinski definition) is 6. The fraction of sp³-hybridized carbons (Fsp3) is 0.350. The highest BCUT2D eigenvalue weighted by Gasteiger charge is 2.25. The van der Waals surface area contributed by atoms with E-state index in [-0.39, 0.29) is 18.6 Å². The number of nitrogens with one attached hydrogen (secondary N) is 2. The number of amides is 1. The predicted octanol–water partition coefficient (Wildman–Crippen LogP) is 0.635. The van der Waals surface area contributed by atoms with Gasteiger partial charge in [0.15, 0.2) is 6.61 Å². The number of carbonyl (C=O) groups is 2. The van der Waals surface area contributed by atoms with E-state index in [1.807, 2.05) is 30.3 Å². The third-order valence-corrected chi connectivity index (χ3v) is 4.51. The molecule has 3 N–H and O–H groups in total. The lowest BCUT2D eigenvalue weighted by atomic mass is 10.1. The first-order valence-corrected chi connectivity index (χ1v) is 9.16. The molecule has 1 amide bonds. The van der Waals surface area contributed by atoms with E-state index >= 15 is 0 Å². The SMILES string of the molecule is O=C(O)COc1ccccc1CN1CCNC(C(=O)NCc2ccncc2)C1. The van der Waals surface area contributed by atoms with Gasteiger partial charge in [-0.05, 0) is 23.8 Å². The molecule has 1 aromatic carbocycles. The molecule has 0 saturated carbocycles. The van der Waals surface area contributed by atoms with Gasteiger partial charge in [0.05, 0.1) is 6.04 Å². The molecule has 2 heterocycles. The van der Waals surface area contributed by atoms with Crippen LogP contribution in [-0.2, 0) is 22.7 Å². The number of piperazine rings is 1. The molecule has 148 valence electrons. The summed E-state index contributed by atoms with van der Waals surface area (Å²) in [6.45, 7) is 2.73. The van der Waals surface area contributed by atoms with Crippen LogP contribution in [0.2, 0.25) is 0 Å². The summed E-state index contributed by atoms with van der Waals surface area (Å²) in [7, 11) is 0. The minimum Gasteiger partial charge on any atom is -0.482 e. The minimum atomic E-state index is -1.01. The Morgan fingerprint density at radius 3 is 2.82 bits per heavy atom. The fourth-order valence-electron chi connectivity index (χ4n) is 3.10. The molecular formula is C20H24N4O4. The van der Waals surface area contributed by atoms with E-state index in [4.69, 9.17) is 9.84 Å². The van der Waals surface area contributed by atoms with Crippen LogP contribution in [0.4, 0.5) is 0 Å². The molecule has 1 aliphatic rings. The average molecular weight is 384 g/mol. The molecule has 1 unspecified atom stereocenters. The van der Waals surface area contributed by atoms with Gasteiger partial charge in [-0.15, -0.1) is 0 Å². The van der Waals surface area contributed by atoms with Gasteiger partial charge >= 0.3 is 5.97 Å². The Bertz CT molecular complexity index is 800. The van der Waals surface area contributed by atoms with Crippen molar-refractivity contribution < 1.29 is 19.4 Å². The Kier molecular flexibility index (Phi) is 6.94. The monoisotopic (exact) mass is 384 g/mol. The molecule has 1 atom stereocenters. The van der Waals surface area contributed by atoms with Crippen LogP contribution >= 0.6 is 0 Å². The van der Waals surface area contributed by atoms with Gasteiger partial charge < -0.3 is 20.5 Å². The van der Waals surface area contributed by atoms with Crippen LogP contribution < -0.4 is 15.4 Å². The molecule has 8 nitrogen and oxygen atoms in total. The Morgan fingerprint density at radius 1 is 1.25 bits per heavy atom. The molecule has 3 rings (SSSR count). The summed E-state index contributed by atoms with van der Waals surface area (Å²) in [6.07, 6.45) is 3.40. The van der Waals surface area contributed by atoms with E-state index in [2.05, 4.69) is 20.5 Å². The molecule has 0 radical (unpaired) electrons. The first kappa shape index (κ1) is 19.8. The van der Waals surface area contributed by atoms with Gasteiger partial charge in [-0.2, -0.15) is 0 Å². The van der Waals surface area contributed by atoms with Crippen LogP contribution in [0, 0.1) is 0 Å². The molecule has 1 fully saturated rings. The highest BCUT2D eigenvalue weighted by Crippen LogP contribution is 2.20. The average Bonchev–Trinajstić information content (AvgIpc) is 2.72. The highest BCUT2D eigenvalue weighted by molar-refractivity contribution is 5.82. The Morgan fingerprint density at radius 2 is 2.04 bits per heavy atom. The van der Waals surface area contributed by atoms with Crippen molar-refractivity contribution in [2.45, 2.75) is 19.1 Å². The molecular weight excluding hydrogens is 360 g/mol. The molecule has 0 bridgehead atoms. The molecule has 0 aliphatic carbocycles. The second kappa shape index (κ2) is 9.82. The zero-order valence-corrected chi connectivity index (χ0v) is 15.5. The zero-order valence-electron chi connectivity index (χ0n) is 15.5. The van der Waals surface area contributed by atoms with Crippen molar-refractivity contribution in [1.29, 1.82) is 0 Å². The lowest BCUT2D eigenvalue weighted by Gasteiger charge is -2.33. The van der Waals surface area contributed by atoms with Crippen LogP contribution in [0.3, 0.4) is 0 Å². The summed E-state index contributed by atoms with van der Waals surface area (Å²) in [5, 5.41) is 15.0. The number of carboxylic acids is 1. The van der Waals surface area contributed by atoms with E-state index in [0.29, 0.717) is 31.9 Å². The maximum atomic E-state index is 12.5. The maximum Gasteiger partial charge on any atom is 0.341 e. The van der Waals surface area contributed by atoms with Gasteiger partial charge in [-0.25, -0.2) is 4.79 Å². The van der Waals surface area contributed by atoms with Gasteiger partial charge in [0.1, 0.15) is 5.75 Å². The van der Waals surface area contributed by atoms with E-state index in [9.17, 15) is 9.59 Å². The Labute approximate surface area is 163 Å². The lowest BCUT2D eigenvalue weighted by Crippen LogP contribution is -2.56. The lowest BCUT2D eigenvalue weighted by molar-refractivity contribution is -0.139. The predicted molar refractivity (Wildman–Crippen MR) is 103 cm³/mol. The van der Waals surface area contributed by atoms with Crippen molar-refractivity contribution in [3.63, 3.8) is 0 Å². The Balaban J connectivity index is 1.55. The number of carboxylic acid groups (broad SMARTS) is 1. The molecule has 1 saturated heterocycles. The molecule has 28 heavy (non-hydrogen) atoms. The zero-order chi connectivity index (χ0) is 19.8. The number of aromatic nitrogens is 1. The first-order chi connectivity index (χ1) is 13.6. The third kappa shape index (κ3) is 5.77. The van der Waals surface area contributed by atoms with Gasteiger partial charge in [0.25, 0.3) is 0 Å². The third-order valence-electron chi connectivity index (χ3n) is 4.51. The number of benzene rings is 1. The summed E-state index contributed by atoms with van der Waals surface area (Å²) < 4.78 is 5.38.